The lowest BCUT2D eigenvalue weighted by Gasteiger charge is -2.00. The van der Waals surface area contributed by atoms with Gasteiger partial charge in [-0.1, -0.05) is 28.4 Å². The average Bonchev–Trinajstić information content (AvgIpc) is 2.82. The summed E-state index contributed by atoms with van der Waals surface area (Å²) in [5.74, 6) is 0.522. The van der Waals surface area contributed by atoms with Crippen LogP contribution >= 0.6 is 23.2 Å². The molecule has 0 unspecified atom stereocenters. The number of rotatable bonds is 4. The van der Waals surface area contributed by atoms with Gasteiger partial charge < -0.3 is 4.84 Å². The van der Waals surface area contributed by atoms with E-state index in [2.05, 4.69) is 15.2 Å². The molecule has 0 spiro atoms. The van der Waals surface area contributed by atoms with E-state index in [1.807, 2.05) is 0 Å². The highest BCUT2D eigenvalue weighted by molar-refractivity contribution is 6.42. The molecule has 1 heterocycles. The van der Waals surface area contributed by atoms with Crippen LogP contribution in [0.4, 0.5) is 0 Å². The van der Waals surface area contributed by atoms with E-state index >= 15 is 0 Å². The first-order valence-electron chi connectivity index (χ1n) is 4.72. The third-order valence-electron chi connectivity index (χ3n) is 1.86. The normalized spacial score (nSPS) is 10.9. The summed E-state index contributed by atoms with van der Waals surface area (Å²) >= 11 is 11.6. The van der Waals surface area contributed by atoms with Crippen LogP contribution in [0.1, 0.15) is 0 Å². The number of hydrogen-bond donors (Lipinski definition) is 0. The van der Waals surface area contributed by atoms with Crippen molar-refractivity contribution in [2.24, 2.45) is 5.16 Å². The molecule has 0 saturated heterocycles. The highest BCUT2D eigenvalue weighted by atomic mass is 35.5. The lowest BCUT2D eigenvalue weighted by molar-refractivity contribution is 0.342. The Labute approximate surface area is 108 Å². The van der Waals surface area contributed by atoms with Gasteiger partial charge in [-0.2, -0.15) is 5.10 Å². The van der Waals surface area contributed by atoms with Crippen molar-refractivity contribution in [1.29, 1.82) is 0 Å². The van der Waals surface area contributed by atoms with Crippen LogP contribution in [0.2, 0.25) is 10.0 Å². The van der Waals surface area contributed by atoms with Crippen molar-refractivity contribution in [3.8, 4) is 5.75 Å². The number of oxime groups is 1. The number of halogens is 2. The molecular formula is C10H8Cl2N4O. The molecule has 0 aliphatic rings. The number of benzene rings is 1. The van der Waals surface area contributed by atoms with Crippen molar-refractivity contribution in [2.45, 2.75) is 6.54 Å². The van der Waals surface area contributed by atoms with Gasteiger partial charge in [-0.3, -0.25) is 0 Å². The van der Waals surface area contributed by atoms with E-state index in [9.17, 15) is 0 Å². The van der Waals surface area contributed by atoms with Crippen LogP contribution in [0.25, 0.3) is 0 Å². The van der Waals surface area contributed by atoms with Gasteiger partial charge in [-0.15, -0.1) is 0 Å². The summed E-state index contributed by atoms with van der Waals surface area (Å²) in [6.45, 7) is 0.487. The van der Waals surface area contributed by atoms with Gasteiger partial charge in [0.15, 0.2) is 5.75 Å². The van der Waals surface area contributed by atoms with Crippen molar-refractivity contribution in [2.75, 3.05) is 0 Å². The van der Waals surface area contributed by atoms with Crippen molar-refractivity contribution in [1.82, 2.24) is 14.8 Å². The van der Waals surface area contributed by atoms with Gasteiger partial charge >= 0.3 is 0 Å². The predicted molar refractivity (Wildman–Crippen MR) is 65.6 cm³/mol. The Balaban J connectivity index is 1.89. The molecule has 7 heteroatoms. The summed E-state index contributed by atoms with van der Waals surface area (Å²) in [6, 6.07) is 4.92. The lowest BCUT2D eigenvalue weighted by Crippen LogP contribution is -1.99. The molecule has 0 radical (unpaired) electrons. The van der Waals surface area contributed by atoms with Crippen LogP contribution in [-0.2, 0) is 6.54 Å². The Morgan fingerprint density at radius 2 is 2.24 bits per heavy atom. The monoisotopic (exact) mass is 270 g/mol. The van der Waals surface area contributed by atoms with Gasteiger partial charge in [0, 0.05) is 6.07 Å². The largest absolute Gasteiger partial charge is 0.357 e. The maximum atomic E-state index is 5.82. The molecule has 17 heavy (non-hydrogen) atoms. The third kappa shape index (κ3) is 3.44. The Morgan fingerprint density at radius 3 is 2.94 bits per heavy atom. The maximum absolute atomic E-state index is 5.82. The molecule has 2 rings (SSSR count). The molecule has 1 aromatic heterocycles. The molecule has 0 aliphatic heterocycles. The first-order valence-corrected chi connectivity index (χ1v) is 5.47. The smallest absolute Gasteiger partial charge is 0.159 e. The van der Waals surface area contributed by atoms with E-state index < -0.39 is 0 Å². The number of aromatic nitrogens is 3. The molecule has 5 nitrogen and oxygen atoms in total. The van der Waals surface area contributed by atoms with Crippen molar-refractivity contribution in [3.63, 3.8) is 0 Å². The second-order valence-corrected chi connectivity index (χ2v) is 3.89. The summed E-state index contributed by atoms with van der Waals surface area (Å²) in [4.78, 5) is 8.90. The van der Waals surface area contributed by atoms with E-state index in [0.29, 0.717) is 22.3 Å². The van der Waals surface area contributed by atoms with Gasteiger partial charge in [0.1, 0.15) is 12.7 Å². The zero-order valence-corrected chi connectivity index (χ0v) is 10.1. The van der Waals surface area contributed by atoms with Gasteiger partial charge in [0.05, 0.1) is 22.8 Å². The molecule has 2 aromatic rings. The highest BCUT2D eigenvalue weighted by Crippen LogP contribution is 2.26. The minimum absolute atomic E-state index is 0.427. The maximum Gasteiger partial charge on any atom is 0.159 e. The van der Waals surface area contributed by atoms with E-state index in [0.717, 1.165) is 0 Å². The van der Waals surface area contributed by atoms with Crippen LogP contribution in [0.5, 0.6) is 5.75 Å². The summed E-state index contributed by atoms with van der Waals surface area (Å²) in [6.07, 6.45) is 4.61. The Morgan fingerprint density at radius 1 is 1.35 bits per heavy atom. The summed E-state index contributed by atoms with van der Waals surface area (Å²) in [7, 11) is 0. The fourth-order valence-electron chi connectivity index (χ4n) is 1.08. The Hall–Kier alpha value is -1.59. The fraction of sp³-hybridized carbons (Fsp3) is 0.100. The fourth-order valence-corrected chi connectivity index (χ4v) is 1.36. The summed E-state index contributed by atoms with van der Waals surface area (Å²) in [5, 5.41) is 8.58. The molecule has 0 fully saturated rings. The van der Waals surface area contributed by atoms with Gasteiger partial charge in [-0.25, -0.2) is 9.67 Å². The first kappa shape index (κ1) is 11.9. The minimum Gasteiger partial charge on any atom is -0.357 e. The zero-order valence-electron chi connectivity index (χ0n) is 8.62. The quantitative estimate of drug-likeness (QED) is 0.634. The van der Waals surface area contributed by atoms with Crippen LogP contribution in [0, 0.1) is 0 Å². The number of hydrogen-bond acceptors (Lipinski definition) is 4. The van der Waals surface area contributed by atoms with Gasteiger partial charge in [0.25, 0.3) is 0 Å². The molecule has 0 aliphatic carbocycles. The van der Waals surface area contributed by atoms with E-state index in [4.69, 9.17) is 28.0 Å². The average molecular weight is 271 g/mol. The lowest BCUT2D eigenvalue weighted by atomic mass is 10.3. The van der Waals surface area contributed by atoms with E-state index in [-0.39, 0.29) is 0 Å². The van der Waals surface area contributed by atoms with Crippen LogP contribution < -0.4 is 4.84 Å². The summed E-state index contributed by atoms with van der Waals surface area (Å²) < 4.78 is 1.61. The van der Waals surface area contributed by atoms with Gasteiger partial charge in [-0.05, 0) is 12.1 Å². The Kier molecular flexibility index (Phi) is 3.95. The van der Waals surface area contributed by atoms with Crippen LogP contribution in [0.3, 0.4) is 0 Å². The SMILES string of the molecule is Clc1ccc(O/N=C/Cn2cncn2)cc1Cl. The van der Waals surface area contributed by atoms with Gasteiger partial charge in [0.2, 0.25) is 0 Å². The summed E-state index contributed by atoms with van der Waals surface area (Å²) in [5.41, 5.74) is 0. The molecular weight excluding hydrogens is 263 g/mol. The predicted octanol–water partition coefficient (Wildman–Crippen LogP) is 2.65. The van der Waals surface area contributed by atoms with Crippen molar-refractivity contribution >= 4 is 29.4 Å². The molecule has 0 N–H and O–H groups in total. The van der Waals surface area contributed by atoms with Crippen LogP contribution in [0.15, 0.2) is 36.0 Å². The standard InChI is InChI=1S/C10H8Cl2N4O/c11-9-2-1-8(5-10(9)12)17-15-3-4-16-7-13-6-14-16/h1-3,5-7H,4H2/b15-3+. The molecule has 0 amide bonds. The molecule has 88 valence electrons. The van der Waals surface area contributed by atoms with E-state index in [1.54, 1.807) is 35.4 Å². The third-order valence-corrected chi connectivity index (χ3v) is 2.60. The Bertz CT molecular complexity index is 513. The topological polar surface area (TPSA) is 52.3 Å². The first-order chi connectivity index (χ1) is 8.25. The molecule has 0 bridgehead atoms. The van der Waals surface area contributed by atoms with Crippen molar-refractivity contribution < 1.29 is 4.84 Å². The number of nitrogens with zero attached hydrogens (tertiary/aromatic N) is 4. The highest BCUT2D eigenvalue weighted by Gasteiger charge is 1.99. The molecule has 0 saturated carbocycles. The van der Waals surface area contributed by atoms with Crippen molar-refractivity contribution in [3.05, 3.63) is 40.9 Å². The second kappa shape index (κ2) is 5.65. The van der Waals surface area contributed by atoms with E-state index in [1.165, 1.54) is 6.33 Å². The molecule has 0 atom stereocenters. The van der Waals surface area contributed by atoms with Crippen LogP contribution in [-0.4, -0.2) is 21.0 Å². The zero-order chi connectivity index (χ0) is 12.1. The minimum atomic E-state index is 0.427. The molecule has 1 aromatic carbocycles. The second-order valence-electron chi connectivity index (χ2n) is 3.07.